The molecular weight excluding hydrogens is 539 g/mol. The van der Waals surface area contributed by atoms with Crippen LogP contribution < -0.4 is 10.1 Å². The summed E-state index contributed by atoms with van der Waals surface area (Å²) >= 11 is 9.55. The van der Waals surface area contributed by atoms with Crippen molar-refractivity contribution in [2.45, 2.75) is 6.18 Å². The molecule has 2 aromatic heterocycles. The number of benzene rings is 2. The lowest BCUT2D eigenvalue weighted by Crippen LogP contribution is -2.21. The van der Waals surface area contributed by atoms with E-state index in [1.165, 1.54) is 12.1 Å². The van der Waals surface area contributed by atoms with Crippen molar-refractivity contribution < 1.29 is 22.7 Å². The molecule has 1 amide bonds. The van der Waals surface area contributed by atoms with Gasteiger partial charge >= 0.3 is 6.18 Å². The Hall–Kier alpha value is -3.31. The van der Waals surface area contributed by atoms with Gasteiger partial charge < -0.3 is 10.1 Å². The smallest absolute Gasteiger partial charge is 0.435 e. The predicted molar refractivity (Wildman–Crippen MR) is 124 cm³/mol. The van der Waals surface area contributed by atoms with Crippen LogP contribution in [0.25, 0.3) is 16.9 Å². The number of aromatic nitrogens is 4. The standard InChI is InChI=1S/C22H16BrClF3N5O2/c1-31-11-15(23)21(30-31)13-5-4-6-14(9-13)28-19(33)12-34-20-10-18(22(25,26)27)29-32(20)17-8-3-2-7-16(17)24/h2-11H,12H2,1H3,(H,28,33). The molecule has 2 heterocycles. The van der Waals surface area contributed by atoms with Crippen LogP contribution in [0.3, 0.4) is 0 Å². The predicted octanol–water partition coefficient (Wildman–Crippen LogP) is 5.73. The third kappa shape index (κ3) is 5.26. The summed E-state index contributed by atoms with van der Waals surface area (Å²) in [4.78, 5) is 12.5. The molecule has 0 spiro atoms. The highest BCUT2D eigenvalue weighted by Crippen LogP contribution is 2.33. The van der Waals surface area contributed by atoms with Crippen LogP contribution in [-0.4, -0.2) is 32.1 Å². The van der Waals surface area contributed by atoms with E-state index < -0.39 is 24.4 Å². The van der Waals surface area contributed by atoms with Gasteiger partial charge in [-0.3, -0.25) is 9.48 Å². The fourth-order valence-corrected chi connectivity index (χ4v) is 3.96. The van der Waals surface area contributed by atoms with Gasteiger partial charge in [-0.05, 0) is 40.2 Å². The Kier molecular flexibility index (Phi) is 6.67. The SMILES string of the molecule is Cn1cc(Br)c(-c2cccc(NC(=O)COc3cc(C(F)(F)F)nn3-c3ccccc3Cl)c2)n1. The molecule has 2 aromatic carbocycles. The molecule has 0 radical (unpaired) electrons. The summed E-state index contributed by atoms with van der Waals surface area (Å²) in [5.74, 6) is -0.848. The molecule has 0 fully saturated rings. The quantitative estimate of drug-likeness (QED) is 0.331. The molecule has 0 saturated carbocycles. The van der Waals surface area contributed by atoms with Crippen molar-refractivity contribution in [2.24, 2.45) is 7.05 Å². The second kappa shape index (κ2) is 9.51. The van der Waals surface area contributed by atoms with Crippen molar-refractivity contribution >= 4 is 39.1 Å². The average Bonchev–Trinajstić information content (AvgIpc) is 3.35. The Morgan fingerprint density at radius 3 is 2.59 bits per heavy atom. The van der Waals surface area contributed by atoms with Gasteiger partial charge in [0.05, 0.1) is 15.2 Å². The molecule has 0 aliphatic rings. The van der Waals surface area contributed by atoms with Crippen molar-refractivity contribution in [3.63, 3.8) is 0 Å². The van der Waals surface area contributed by atoms with E-state index in [0.29, 0.717) is 11.4 Å². The van der Waals surface area contributed by atoms with Gasteiger partial charge in [0.2, 0.25) is 5.88 Å². The zero-order valence-electron chi connectivity index (χ0n) is 17.5. The summed E-state index contributed by atoms with van der Waals surface area (Å²) in [7, 11) is 1.79. The van der Waals surface area contributed by atoms with Gasteiger partial charge in [0.25, 0.3) is 5.91 Å². The monoisotopic (exact) mass is 553 g/mol. The van der Waals surface area contributed by atoms with Gasteiger partial charge in [-0.2, -0.15) is 28.1 Å². The van der Waals surface area contributed by atoms with Gasteiger partial charge in [0.1, 0.15) is 5.69 Å². The van der Waals surface area contributed by atoms with E-state index in [2.05, 4.69) is 31.4 Å². The van der Waals surface area contributed by atoms with Crippen molar-refractivity contribution in [1.29, 1.82) is 0 Å². The number of ether oxygens (including phenoxy) is 1. The maximum atomic E-state index is 13.2. The van der Waals surface area contributed by atoms with Gasteiger partial charge in [-0.25, -0.2) is 0 Å². The Balaban J connectivity index is 1.51. The summed E-state index contributed by atoms with van der Waals surface area (Å²) in [6.07, 6.45) is -2.90. The first-order valence-corrected chi connectivity index (χ1v) is 10.9. The number of rotatable bonds is 6. The van der Waals surface area contributed by atoms with Gasteiger partial charge in [-0.1, -0.05) is 35.9 Å². The molecule has 0 atom stereocenters. The van der Waals surface area contributed by atoms with Crippen LogP contribution in [0, 0.1) is 0 Å². The summed E-state index contributed by atoms with van der Waals surface area (Å²) in [5, 5.41) is 10.8. The Morgan fingerprint density at radius 2 is 1.91 bits per heavy atom. The van der Waals surface area contributed by atoms with Crippen LogP contribution in [0.1, 0.15) is 5.69 Å². The fraction of sp³-hybridized carbons (Fsp3) is 0.136. The second-order valence-electron chi connectivity index (χ2n) is 7.15. The lowest BCUT2D eigenvalue weighted by atomic mass is 10.1. The van der Waals surface area contributed by atoms with Crippen LogP contribution in [-0.2, 0) is 18.0 Å². The Labute approximate surface area is 205 Å². The molecule has 4 rings (SSSR count). The Bertz CT molecular complexity index is 1350. The molecule has 0 unspecified atom stereocenters. The highest BCUT2D eigenvalue weighted by molar-refractivity contribution is 9.10. The minimum atomic E-state index is -4.70. The molecule has 0 saturated heterocycles. The maximum absolute atomic E-state index is 13.2. The van der Waals surface area contributed by atoms with Crippen molar-refractivity contribution in [1.82, 2.24) is 19.6 Å². The average molecular weight is 555 g/mol. The minimum absolute atomic E-state index is 0.172. The molecule has 0 aliphatic heterocycles. The van der Waals surface area contributed by atoms with E-state index in [4.69, 9.17) is 16.3 Å². The third-order valence-electron chi connectivity index (χ3n) is 4.60. The number of nitrogens with one attached hydrogen (secondary N) is 1. The van der Waals surface area contributed by atoms with E-state index in [0.717, 1.165) is 20.8 Å². The van der Waals surface area contributed by atoms with Crippen LogP contribution >= 0.6 is 27.5 Å². The summed E-state index contributed by atoms with van der Waals surface area (Å²) in [6, 6.07) is 13.9. The largest absolute Gasteiger partial charge is 0.467 e. The van der Waals surface area contributed by atoms with Crippen molar-refractivity contribution in [2.75, 3.05) is 11.9 Å². The summed E-state index contributed by atoms with van der Waals surface area (Å²) < 4.78 is 48.5. The number of alkyl halides is 3. The van der Waals surface area contributed by atoms with E-state index in [-0.39, 0.29) is 16.6 Å². The normalized spacial score (nSPS) is 11.5. The van der Waals surface area contributed by atoms with E-state index in [9.17, 15) is 18.0 Å². The lowest BCUT2D eigenvalue weighted by molar-refractivity contribution is -0.141. The maximum Gasteiger partial charge on any atom is 0.435 e. The molecule has 0 bridgehead atoms. The van der Waals surface area contributed by atoms with Gasteiger partial charge in [0, 0.05) is 30.6 Å². The molecule has 12 heteroatoms. The number of hydrogen-bond acceptors (Lipinski definition) is 4. The van der Waals surface area contributed by atoms with Crippen molar-refractivity contribution in [3.8, 4) is 22.8 Å². The van der Waals surface area contributed by atoms with Crippen molar-refractivity contribution in [3.05, 3.63) is 76.0 Å². The molecule has 34 heavy (non-hydrogen) atoms. The topological polar surface area (TPSA) is 74.0 Å². The third-order valence-corrected chi connectivity index (χ3v) is 5.50. The zero-order valence-corrected chi connectivity index (χ0v) is 19.8. The molecular formula is C22H16BrClF3N5O2. The Morgan fingerprint density at radius 1 is 1.15 bits per heavy atom. The number of hydrogen-bond donors (Lipinski definition) is 1. The second-order valence-corrected chi connectivity index (χ2v) is 8.41. The molecule has 1 N–H and O–H groups in total. The minimum Gasteiger partial charge on any atom is -0.467 e. The molecule has 7 nitrogen and oxygen atoms in total. The molecule has 4 aromatic rings. The number of halogens is 5. The molecule has 176 valence electrons. The van der Waals surface area contributed by atoms with Crippen LogP contribution in [0.5, 0.6) is 5.88 Å². The van der Waals surface area contributed by atoms with E-state index in [1.807, 2.05) is 6.07 Å². The zero-order chi connectivity index (χ0) is 24.5. The first-order valence-electron chi connectivity index (χ1n) is 9.76. The first kappa shape index (κ1) is 23.8. The van der Waals surface area contributed by atoms with Crippen LogP contribution in [0.15, 0.2) is 65.3 Å². The van der Waals surface area contributed by atoms with E-state index in [1.54, 1.807) is 48.3 Å². The number of amides is 1. The van der Waals surface area contributed by atoms with Crippen LogP contribution in [0.4, 0.5) is 18.9 Å². The number of carbonyl (C=O) groups is 1. The van der Waals surface area contributed by atoms with Crippen LogP contribution in [0.2, 0.25) is 5.02 Å². The van der Waals surface area contributed by atoms with Gasteiger partial charge in [-0.15, -0.1) is 0 Å². The summed E-state index contributed by atoms with van der Waals surface area (Å²) in [5.41, 5.74) is 0.940. The highest BCUT2D eigenvalue weighted by atomic mass is 79.9. The molecule has 0 aliphatic carbocycles. The number of carbonyl (C=O) groups excluding carboxylic acids is 1. The number of aryl methyl sites for hydroxylation is 1. The number of nitrogens with zero attached hydrogens (tertiary/aromatic N) is 4. The van der Waals surface area contributed by atoms with Gasteiger partial charge in [0.15, 0.2) is 12.3 Å². The fourth-order valence-electron chi connectivity index (χ4n) is 3.14. The lowest BCUT2D eigenvalue weighted by Gasteiger charge is -2.11. The highest BCUT2D eigenvalue weighted by Gasteiger charge is 2.36. The number of para-hydroxylation sites is 1. The number of anilines is 1. The summed E-state index contributed by atoms with van der Waals surface area (Å²) in [6.45, 7) is -0.551. The first-order chi connectivity index (χ1) is 16.1. The van der Waals surface area contributed by atoms with E-state index >= 15 is 0 Å².